The summed E-state index contributed by atoms with van der Waals surface area (Å²) >= 11 is 0. The van der Waals surface area contributed by atoms with Gasteiger partial charge in [-0.25, -0.2) is 4.79 Å². The van der Waals surface area contributed by atoms with Gasteiger partial charge in [-0.05, 0) is 68.1 Å². The molecule has 0 saturated carbocycles. The number of carboxylic acids is 1. The van der Waals surface area contributed by atoms with Crippen LogP contribution in [0, 0.1) is 12.8 Å². The Labute approximate surface area is 188 Å². The second-order valence-corrected chi connectivity index (χ2v) is 8.21. The van der Waals surface area contributed by atoms with Gasteiger partial charge in [0, 0.05) is 18.3 Å². The lowest BCUT2D eigenvalue weighted by molar-refractivity contribution is -0.138. The lowest BCUT2D eigenvalue weighted by Crippen LogP contribution is -2.42. The van der Waals surface area contributed by atoms with E-state index in [1.807, 2.05) is 54.3 Å². The first kappa shape index (κ1) is 23.3. The number of piperidine rings is 1. The van der Waals surface area contributed by atoms with Crippen LogP contribution in [-0.2, 0) is 9.59 Å². The zero-order chi connectivity index (χ0) is 23.1. The van der Waals surface area contributed by atoms with Crippen molar-refractivity contribution in [1.29, 1.82) is 0 Å². The number of aliphatic carboxylic acids is 1. The highest BCUT2D eigenvalue weighted by Gasteiger charge is 2.29. The number of amides is 3. The summed E-state index contributed by atoms with van der Waals surface area (Å²) in [5, 5.41) is 17.8. The predicted molar refractivity (Wildman–Crippen MR) is 124 cm³/mol. The number of rotatable bonds is 7. The molecule has 1 atom stereocenters. The molecule has 0 spiro atoms. The van der Waals surface area contributed by atoms with Gasteiger partial charge in [0.1, 0.15) is 0 Å². The van der Waals surface area contributed by atoms with Gasteiger partial charge < -0.3 is 21.1 Å². The maximum Gasteiger partial charge on any atom is 0.323 e. The summed E-state index contributed by atoms with van der Waals surface area (Å²) in [5.74, 6) is -0.775. The highest BCUT2D eigenvalue weighted by molar-refractivity contribution is 6.00. The van der Waals surface area contributed by atoms with Crippen LogP contribution >= 0.6 is 0 Å². The van der Waals surface area contributed by atoms with Crippen LogP contribution in [0.15, 0.2) is 48.5 Å². The maximum absolute atomic E-state index is 12.5. The number of hydrogen-bond donors (Lipinski definition) is 4. The van der Waals surface area contributed by atoms with E-state index in [0.29, 0.717) is 18.8 Å². The number of nitrogens with one attached hydrogen (secondary N) is 3. The minimum Gasteiger partial charge on any atom is -0.480 e. The fraction of sp³-hybridized carbons (Fsp3) is 0.375. The monoisotopic (exact) mass is 438 g/mol. The number of aryl methyl sites for hydroxylation is 1. The Morgan fingerprint density at radius 3 is 2.44 bits per heavy atom. The first-order chi connectivity index (χ1) is 15.3. The molecule has 1 saturated heterocycles. The number of likely N-dealkylation sites (tertiary alicyclic amines) is 1. The number of urea groups is 1. The molecule has 3 amide bonds. The molecule has 3 rings (SSSR count). The van der Waals surface area contributed by atoms with E-state index in [0.717, 1.165) is 29.7 Å². The average molecular weight is 439 g/mol. The van der Waals surface area contributed by atoms with Crippen LogP contribution in [0.25, 0.3) is 0 Å². The maximum atomic E-state index is 12.5. The van der Waals surface area contributed by atoms with E-state index in [1.54, 1.807) is 6.07 Å². The zero-order valence-electron chi connectivity index (χ0n) is 18.4. The van der Waals surface area contributed by atoms with Gasteiger partial charge >= 0.3 is 12.0 Å². The highest BCUT2D eigenvalue weighted by atomic mass is 16.4. The van der Waals surface area contributed by atoms with E-state index >= 15 is 0 Å². The average Bonchev–Trinajstić information content (AvgIpc) is 2.74. The van der Waals surface area contributed by atoms with E-state index in [1.165, 1.54) is 6.92 Å². The predicted octanol–water partition coefficient (Wildman–Crippen LogP) is 3.61. The van der Waals surface area contributed by atoms with Crippen LogP contribution < -0.4 is 16.0 Å². The minimum atomic E-state index is -0.829. The Morgan fingerprint density at radius 1 is 1.06 bits per heavy atom. The number of hydrogen-bond acceptors (Lipinski definition) is 4. The second-order valence-electron chi connectivity index (χ2n) is 8.21. The molecule has 1 fully saturated rings. The van der Waals surface area contributed by atoms with Crippen LogP contribution in [0.3, 0.4) is 0 Å². The molecule has 1 unspecified atom stereocenters. The van der Waals surface area contributed by atoms with Gasteiger partial charge in [0.05, 0.1) is 12.6 Å². The molecule has 0 bridgehead atoms. The van der Waals surface area contributed by atoms with Gasteiger partial charge in [-0.3, -0.25) is 14.5 Å². The van der Waals surface area contributed by atoms with E-state index < -0.39 is 5.97 Å². The third-order valence-electron chi connectivity index (χ3n) is 5.72. The molecule has 2 aromatic rings. The number of nitrogens with zero attached hydrogens (tertiary/aromatic N) is 1. The molecule has 0 aliphatic carbocycles. The smallest absolute Gasteiger partial charge is 0.323 e. The van der Waals surface area contributed by atoms with Gasteiger partial charge in [0.15, 0.2) is 0 Å². The number of para-hydroxylation sites is 1. The number of carbonyl (C=O) groups excluding carboxylic acids is 2. The van der Waals surface area contributed by atoms with E-state index in [9.17, 15) is 14.4 Å². The fourth-order valence-electron chi connectivity index (χ4n) is 4.14. The molecule has 4 N–H and O–H groups in total. The largest absolute Gasteiger partial charge is 0.480 e. The molecular weight excluding hydrogens is 408 g/mol. The Kier molecular flexibility index (Phi) is 7.83. The van der Waals surface area contributed by atoms with Crippen LogP contribution in [0.5, 0.6) is 0 Å². The number of carboxylic acid groups (broad SMARTS) is 1. The molecule has 0 radical (unpaired) electrons. The lowest BCUT2D eigenvalue weighted by Gasteiger charge is -2.36. The van der Waals surface area contributed by atoms with Crippen molar-refractivity contribution in [2.24, 2.45) is 5.92 Å². The molecule has 1 heterocycles. The number of benzene rings is 2. The Bertz CT molecular complexity index is 970. The van der Waals surface area contributed by atoms with E-state index in [-0.39, 0.29) is 30.4 Å². The number of anilines is 2. The van der Waals surface area contributed by atoms with Crippen molar-refractivity contribution in [1.82, 2.24) is 10.2 Å². The van der Waals surface area contributed by atoms with Gasteiger partial charge in [0.25, 0.3) is 0 Å². The van der Waals surface area contributed by atoms with Gasteiger partial charge in [0.2, 0.25) is 5.91 Å². The first-order valence-corrected chi connectivity index (χ1v) is 10.8. The summed E-state index contributed by atoms with van der Waals surface area (Å²) in [5.41, 5.74) is 3.25. The summed E-state index contributed by atoms with van der Waals surface area (Å²) in [6.07, 6.45) is 1.56. The summed E-state index contributed by atoms with van der Waals surface area (Å²) < 4.78 is 0. The molecule has 8 heteroatoms. The molecule has 1 aliphatic heterocycles. The molecule has 8 nitrogen and oxygen atoms in total. The minimum absolute atomic E-state index is 0.0347. The zero-order valence-corrected chi connectivity index (χ0v) is 18.4. The van der Waals surface area contributed by atoms with Crippen molar-refractivity contribution < 1.29 is 19.5 Å². The summed E-state index contributed by atoms with van der Waals surface area (Å²) in [7, 11) is 0. The molecule has 0 aromatic heterocycles. The topological polar surface area (TPSA) is 111 Å². The SMILES string of the molecule is CC(=O)NC(c1cccc(NC(=O)Nc2ccccc2C)c1)C1CCN(CC(=O)O)CC1. The van der Waals surface area contributed by atoms with Crippen molar-refractivity contribution in [3.8, 4) is 0 Å². The van der Waals surface area contributed by atoms with E-state index in [2.05, 4.69) is 16.0 Å². The quantitative estimate of drug-likeness (QED) is 0.528. The summed E-state index contributed by atoms with van der Waals surface area (Å²) in [6, 6.07) is 14.5. The van der Waals surface area contributed by atoms with Crippen molar-refractivity contribution in [2.45, 2.75) is 32.7 Å². The van der Waals surface area contributed by atoms with Crippen LogP contribution in [0.4, 0.5) is 16.2 Å². The molecular formula is C24H30N4O4. The third kappa shape index (κ3) is 6.55. The Morgan fingerprint density at radius 2 is 1.78 bits per heavy atom. The Balaban J connectivity index is 1.69. The van der Waals surface area contributed by atoms with Crippen LogP contribution in [0.2, 0.25) is 0 Å². The number of carbonyl (C=O) groups is 3. The second kappa shape index (κ2) is 10.8. The molecule has 2 aromatic carbocycles. The van der Waals surface area contributed by atoms with Gasteiger partial charge in [-0.1, -0.05) is 30.3 Å². The van der Waals surface area contributed by atoms with Crippen molar-refractivity contribution in [3.05, 3.63) is 59.7 Å². The molecule has 32 heavy (non-hydrogen) atoms. The lowest BCUT2D eigenvalue weighted by atomic mass is 9.85. The van der Waals surface area contributed by atoms with E-state index in [4.69, 9.17) is 5.11 Å². The van der Waals surface area contributed by atoms with Crippen LogP contribution in [-0.4, -0.2) is 47.5 Å². The van der Waals surface area contributed by atoms with Crippen molar-refractivity contribution >= 4 is 29.3 Å². The molecule has 1 aliphatic rings. The third-order valence-corrected chi connectivity index (χ3v) is 5.72. The molecule has 170 valence electrons. The van der Waals surface area contributed by atoms with Crippen molar-refractivity contribution in [3.63, 3.8) is 0 Å². The first-order valence-electron chi connectivity index (χ1n) is 10.8. The normalized spacial score (nSPS) is 15.6. The fourth-order valence-corrected chi connectivity index (χ4v) is 4.14. The summed E-state index contributed by atoms with van der Waals surface area (Å²) in [6.45, 7) is 4.79. The summed E-state index contributed by atoms with van der Waals surface area (Å²) in [4.78, 5) is 37.3. The van der Waals surface area contributed by atoms with Crippen molar-refractivity contribution in [2.75, 3.05) is 30.3 Å². The standard InChI is InChI=1S/C24H30N4O4/c1-16-6-3-4-9-21(16)27-24(32)26-20-8-5-7-19(14-20)23(25-17(2)29)18-10-12-28(13-11-18)15-22(30)31/h3-9,14,18,23H,10-13,15H2,1-2H3,(H,25,29)(H,30,31)(H2,26,27,32). The van der Waals surface area contributed by atoms with Crippen LogP contribution in [0.1, 0.15) is 36.9 Å². The Hall–Kier alpha value is -3.39. The van der Waals surface area contributed by atoms with Gasteiger partial charge in [-0.15, -0.1) is 0 Å². The highest BCUT2D eigenvalue weighted by Crippen LogP contribution is 2.32. The van der Waals surface area contributed by atoms with Gasteiger partial charge in [-0.2, -0.15) is 0 Å².